The normalized spacial score (nSPS) is 14.2. The lowest BCUT2D eigenvalue weighted by Crippen LogP contribution is -2.45. The van der Waals surface area contributed by atoms with Crippen LogP contribution in [0.4, 0.5) is 11.4 Å². The summed E-state index contributed by atoms with van der Waals surface area (Å²) in [6.45, 7) is 1.39. The predicted molar refractivity (Wildman–Crippen MR) is 88.1 cm³/mol. The average Bonchev–Trinajstić information content (AvgIpc) is 2.86. The second kappa shape index (κ2) is 6.16. The summed E-state index contributed by atoms with van der Waals surface area (Å²) in [5.74, 6) is -1.82. The van der Waals surface area contributed by atoms with Crippen molar-refractivity contribution in [2.75, 3.05) is 5.32 Å². The van der Waals surface area contributed by atoms with Crippen LogP contribution in [0, 0.1) is 10.1 Å². The summed E-state index contributed by atoms with van der Waals surface area (Å²) in [5.41, 5.74) is 0.196. The molecule has 1 heterocycles. The topological polar surface area (TPSA) is 110 Å². The molecule has 0 aromatic heterocycles. The van der Waals surface area contributed by atoms with Crippen LogP contribution >= 0.6 is 0 Å². The van der Waals surface area contributed by atoms with E-state index < -0.39 is 28.7 Å². The summed E-state index contributed by atoms with van der Waals surface area (Å²) in [7, 11) is 0. The van der Waals surface area contributed by atoms with Crippen molar-refractivity contribution in [1.82, 2.24) is 4.90 Å². The van der Waals surface area contributed by atoms with E-state index in [1.165, 1.54) is 43.3 Å². The quantitative estimate of drug-likeness (QED) is 0.522. The Hall–Kier alpha value is -3.55. The largest absolute Gasteiger partial charge is 0.319 e. The summed E-state index contributed by atoms with van der Waals surface area (Å²) >= 11 is 0. The number of carbonyl (C=O) groups excluding carboxylic acids is 3. The zero-order valence-electron chi connectivity index (χ0n) is 13.1. The Morgan fingerprint density at radius 1 is 1.04 bits per heavy atom. The van der Waals surface area contributed by atoms with Crippen LogP contribution in [0.2, 0.25) is 0 Å². The zero-order valence-corrected chi connectivity index (χ0v) is 13.1. The van der Waals surface area contributed by atoms with Crippen LogP contribution in [0.15, 0.2) is 48.5 Å². The van der Waals surface area contributed by atoms with E-state index in [4.69, 9.17) is 0 Å². The molecule has 0 bridgehead atoms. The van der Waals surface area contributed by atoms with E-state index in [0.717, 1.165) is 4.90 Å². The third-order valence-corrected chi connectivity index (χ3v) is 3.95. The van der Waals surface area contributed by atoms with Crippen molar-refractivity contribution in [3.63, 3.8) is 0 Å². The smallest absolute Gasteiger partial charge is 0.292 e. The van der Waals surface area contributed by atoms with Gasteiger partial charge >= 0.3 is 0 Å². The Morgan fingerprint density at radius 3 is 2.12 bits per heavy atom. The minimum absolute atomic E-state index is 0.000888. The van der Waals surface area contributed by atoms with E-state index in [0.29, 0.717) is 0 Å². The fourth-order valence-electron chi connectivity index (χ4n) is 2.65. The van der Waals surface area contributed by atoms with Crippen LogP contribution in [0.5, 0.6) is 0 Å². The van der Waals surface area contributed by atoms with Gasteiger partial charge < -0.3 is 5.32 Å². The summed E-state index contributed by atoms with van der Waals surface area (Å²) in [6.07, 6.45) is 0. The Morgan fingerprint density at radius 2 is 1.56 bits per heavy atom. The van der Waals surface area contributed by atoms with E-state index in [2.05, 4.69) is 5.32 Å². The molecular formula is C17H13N3O5. The first kappa shape index (κ1) is 16.3. The number of hydrogen-bond acceptors (Lipinski definition) is 5. The van der Waals surface area contributed by atoms with Gasteiger partial charge in [-0.1, -0.05) is 24.3 Å². The fourth-order valence-corrected chi connectivity index (χ4v) is 2.65. The summed E-state index contributed by atoms with van der Waals surface area (Å²) in [5, 5.41) is 13.4. The third-order valence-electron chi connectivity index (χ3n) is 3.95. The molecule has 1 N–H and O–H groups in total. The first-order chi connectivity index (χ1) is 11.9. The Bertz CT molecular complexity index is 874. The van der Waals surface area contributed by atoms with Crippen molar-refractivity contribution in [2.45, 2.75) is 13.0 Å². The van der Waals surface area contributed by atoms with Crippen LogP contribution < -0.4 is 5.32 Å². The van der Waals surface area contributed by atoms with Gasteiger partial charge in [0.2, 0.25) is 5.91 Å². The monoisotopic (exact) mass is 339 g/mol. The molecule has 0 saturated carbocycles. The lowest BCUT2D eigenvalue weighted by atomic mass is 10.1. The van der Waals surface area contributed by atoms with Gasteiger partial charge in [0, 0.05) is 6.07 Å². The SMILES string of the molecule is C[C@H](C(=O)Nc1ccccc1[N+](=O)[O-])N1C(=O)c2ccccc2C1=O. The Kier molecular flexibility index (Phi) is 4.02. The lowest BCUT2D eigenvalue weighted by Gasteiger charge is -2.21. The number of imide groups is 1. The van der Waals surface area contributed by atoms with Gasteiger partial charge in [-0.25, -0.2) is 0 Å². The molecule has 0 saturated heterocycles. The summed E-state index contributed by atoms with van der Waals surface area (Å²) < 4.78 is 0. The standard InChI is InChI=1S/C17H13N3O5/c1-10(15(21)18-13-8-4-5-9-14(13)20(24)25)19-16(22)11-6-2-3-7-12(11)17(19)23/h2-10H,1H3,(H,18,21)/t10-/m1/s1. The zero-order chi connectivity index (χ0) is 18.1. The van der Waals surface area contributed by atoms with Gasteiger partial charge in [0.05, 0.1) is 16.1 Å². The number of anilines is 1. The second-order valence-electron chi connectivity index (χ2n) is 5.47. The second-order valence-corrected chi connectivity index (χ2v) is 5.47. The number of hydrogen-bond donors (Lipinski definition) is 1. The highest BCUT2D eigenvalue weighted by Gasteiger charge is 2.40. The first-order valence-electron chi connectivity index (χ1n) is 7.43. The molecule has 25 heavy (non-hydrogen) atoms. The van der Waals surface area contributed by atoms with Gasteiger partial charge in [-0.3, -0.25) is 29.4 Å². The predicted octanol–water partition coefficient (Wildman–Crippen LogP) is 2.22. The molecule has 126 valence electrons. The highest BCUT2D eigenvalue weighted by molar-refractivity contribution is 6.23. The van der Waals surface area contributed by atoms with Crippen molar-refractivity contribution < 1.29 is 19.3 Å². The molecule has 8 heteroatoms. The molecule has 0 spiro atoms. The Labute approximate surface area is 142 Å². The first-order valence-corrected chi connectivity index (χ1v) is 7.43. The van der Waals surface area contributed by atoms with Gasteiger partial charge in [0.25, 0.3) is 17.5 Å². The number of para-hydroxylation sites is 2. The number of nitro benzene ring substituents is 1. The van der Waals surface area contributed by atoms with Crippen LogP contribution in [-0.2, 0) is 4.79 Å². The maximum Gasteiger partial charge on any atom is 0.292 e. The van der Waals surface area contributed by atoms with Gasteiger partial charge in [0.1, 0.15) is 11.7 Å². The molecule has 0 radical (unpaired) electrons. The Balaban J connectivity index is 1.84. The number of nitrogens with zero attached hydrogens (tertiary/aromatic N) is 2. The number of benzene rings is 2. The van der Waals surface area contributed by atoms with E-state index in [1.54, 1.807) is 12.1 Å². The highest BCUT2D eigenvalue weighted by atomic mass is 16.6. The molecule has 1 aliphatic rings. The van der Waals surface area contributed by atoms with Crippen molar-refractivity contribution in [2.24, 2.45) is 0 Å². The molecule has 2 aromatic rings. The highest BCUT2D eigenvalue weighted by Crippen LogP contribution is 2.27. The van der Waals surface area contributed by atoms with E-state index in [9.17, 15) is 24.5 Å². The average molecular weight is 339 g/mol. The van der Waals surface area contributed by atoms with E-state index >= 15 is 0 Å². The molecule has 2 aromatic carbocycles. The summed E-state index contributed by atoms with van der Waals surface area (Å²) in [6, 6.07) is 10.8. The summed E-state index contributed by atoms with van der Waals surface area (Å²) in [4.78, 5) is 48.5. The van der Waals surface area contributed by atoms with Crippen LogP contribution in [-0.4, -0.2) is 33.6 Å². The van der Waals surface area contributed by atoms with Crippen molar-refractivity contribution in [3.8, 4) is 0 Å². The lowest BCUT2D eigenvalue weighted by molar-refractivity contribution is -0.383. The molecule has 0 aliphatic carbocycles. The van der Waals surface area contributed by atoms with E-state index in [-0.39, 0.29) is 22.5 Å². The molecule has 0 unspecified atom stereocenters. The number of nitrogens with one attached hydrogen (secondary N) is 1. The minimum Gasteiger partial charge on any atom is -0.319 e. The number of amides is 3. The molecule has 3 rings (SSSR count). The van der Waals surface area contributed by atoms with Crippen LogP contribution in [0.3, 0.4) is 0 Å². The molecule has 0 fully saturated rings. The van der Waals surface area contributed by atoms with Crippen LogP contribution in [0.25, 0.3) is 0 Å². The van der Waals surface area contributed by atoms with Gasteiger partial charge in [-0.15, -0.1) is 0 Å². The van der Waals surface area contributed by atoms with Crippen molar-refractivity contribution in [3.05, 3.63) is 69.8 Å². The number of nitro groups is 1. The van der Waals surface area contributed by atoms with E-state index in [1.807, 2.05) is 0 Å². The third kappa shape index (κ3) is 2.74. The molecular weight excluding hydrogens is 326 g/mol. The number of rotatable bonds is 4. The molecule has 1 aliphatic heterocycles. The van der Waals surface area contributed by atoms with Crippen LogP contribution in [0.1, 0.15) is 27.6 Å². The van der Waals surface area contributed by atoms with Gasteiger partial charge in [-0.2, -0.15) is 0 Å². The number of carbonyl (C=O) groups is 3. The van der Waals surface area contributed by atoms with Crippen molar-refractivity contribution >= 4 is 29.1 Å². The molecule has 3 amide bonds. The maximum absolute atomic E-state index is 12.4. The molecule has 8 nitrogen and oxygen atoms in total. The van der Waals surface area contributed by atoms with Gasteiger partial charge in [-0.05, 0) is 25.1 Å². The van der Waals surface area contributed by atoms with Gasteiger partial charge in [0.15, 0.2) is 0 Å². The molecule has 1 atom stereocenters. The van der Waals surface area contributed by atoms with Crippen molar-refractivity contribution in [1.29, 1.82) is 0 Å². The maximum atomic E-state index is 12.4. The fraction of sp³-hybridized carbons (Fsp3) is 0.118. The minimum atomic E-state index is -1.12. The number of fused-ring (bicyclic) bond motifs is 1.